The first-order valence-corrected chi connectivity index (χ1v) is 9.96. The van der Waals surface area contributed by atoms with Gasteiger partial charge < -0.3 is 9.47 Å². The molecule has 29 heavy (non-hydrogen) atoms. The van der Waals surface area contributed by atoms with E-state index in [2.05, 4.69) is 16.6 Å². The molecule has 3 rings (SSSR count). The van der Waals surface area contributed by atoms with Crippen molar-refractivity contribution in [2.75, 3.05) is 20.8 Å². The highest BCUT2D eigenvalue weighted by molar-refractivity contribution is 7.07. The van der Waals surface area contributed by atoms with Crippen molar-refractivity contribution < 1.29 is 9.47 Å². The van der Waals surface area contributed by atoms with E-state index in [-0.39, 0.29) is 0 Å². The van der Waals surface area contributed by atoms with Crippen LogP contribution in [0.1, 0.15) is 19.5 Å². The van der Waals surface area contributed by atoms with Crippen molar-refractivity contribution in [1.82, 2.24) is 9.66 Å². The molecule has 0 aliphatic heterocycles. The molecule has 2 heterocycles. The Bertz CT molecular complexity index is 1100. The minimum absolute atomic E-state index is 0.540. The Morgan fingerprint density at radius 2 is 2.00 bits per heavy atom. The predicted octanol–water partition coefficient (Wildman–Crippen LogP) is 4.38. The van der Waals surface area contributed by atoms with Crippen LogP contribution in [0.2, 0.25) is 0 Å². The van der Waals surface area contributed by atoms with Gasteiger partial charge in [0.15, 0.2) is 0 Å². The Morgan fingerprint density at radius 1 is 1.17 bits per heavy atom. The fourth-order valence-electron chi connectivity index (χ4n) is 2.68. The van der Waals surface area contributed by atoms with Crippen LogP contribution in [-0.4, -0.2) is 36.1 Å². The van der Waals surface area contributed by atoms with E-state index in [4.69, 9.17) is 14.6 Å². The van der Waals surface area contributed by atoms with Crippen LogP contribution in [0.25, 0.3) is 11.3 Å². The third-order valence-corrected chi connectivity index (χ3v) is 4.99. The van der Waals surface area contributed by atoms with E-state index in [1.54, 1.807) is 20.4 Å². The molecule has 1 aromatic carbocycles. The van der Waals surface area contributed by atoms with Gasteiger partial charge in [0.25, 0.3) is 0 Å². The van der Waals surface area contributed by atoms with E-state index in [0.717, 1.165) is 38.8 Å². The van der Waals surface area contributed by atoms with E-state index in [1.807, 2.05) is 60.3 Å². The molecule has 7 heteroatoms. The summed E-state index contributed by atoms with van der Waals surface area (Å²) in [6.45, 7) is 8.37. The van der Waals surface area contributed by atoms with Crippen molar-refractivity contribution >= 4 is 17.0 Å². The summed E-state index contributed by atoms with van der Waals surface area (Å²) in [5, 5.41) is 6.86. The summed E-state index contributed by atoms with van der Waals surface area (Å²) in [5.74, 6) is 1.43. The third kappa shape index (κ3) is 4.81. The zero-order valence-corrected chi connectivity index (χ0v) is 17.9. The van der Waals surface area contributed by atoms with Gasteiger partial charge in [-0.15, -0.1) is 11.3 Å². The molecule has 0 unspecified atom stereocenters. The molecule has 150 valence electrons. The minimum atomic E-state index is 0.540. The van der Waals surface area contributed by atoms with Crippen molar-refractivity contribution in [2.45, 2.75) is 13.8 Å². The first kappa shape index (κ1) is 20.5. The number of rotatable bonds is 7. The lowest BCUT2D eigenvalue weighted by molar-refractivity contribution is 0.395. The van der Waals surface area contributed by atoms with Gasteiger partial charge in [0.1, 0.15) is 11.5 Å². The normalized spacial score (nSPS) is 12.1. The van der Waals surface area contributed by atoms with Gasteiger partial charge in [-0.2, -0.15) is 5.10 Å². The zero-order valence-electron chi connectivity index (χ0n) is 17.0. The van der Waals surface area contributed by atoms with E-state index >= 15 is 0 Å². The monoisotopic (exact) mass is 408 g/mol. The molecule has 0 aliphatic carbocycles. The van der Waals surface area contributed by atoms with Gasteiger partial charge in [-0.3, -0.25) is 9.98 Å². The predicted molar refractivity (Wildman–Crippen MR) is 118 cm³/mol. The highest BCUT2D eigenvalue weighted by Gasteiger charge is 2.14. The SMILES string of the molecule is C=C(C)CN=c1scc(-c2ccc(OC)cc2OC)n1N=C(C)c1ccccn1. The van der Waals surface area contributed by atoms with E-state index in [1.165, 1.54) is 11.3 Å². The number of thiazole rings is 1. The topological polar surface area (TPSA) is 61.0 Å². The zero-order chi connectivity index (χ0) is 20.8. The van der Waals surface area contributed by atoms with Crippen LogP contribution >= 0.6 is 11.3 Å². The van der Waals surface area contributed by atoms with Crippen molar-refractivity contribution in [3.8, 4) is 22.8 Å². The highest BCUT2D eigenvalue weighted by Crippen LogP contribution is 2.33. The van der Waals surface area contributed by atoms with Crippen LogP contribution in [0.3, 0.4) is 0 Å². The third-order valence-electron chi connectivity index (χ3n) is 4.14. The maximum absolute atomic E-state index is 5.60. The molecule has 6 nitrogen and oxygen atoms in total. The Hall–Kier alpha value is -3.19. The second kappa shape index (κ2) is 9.34. The number of aromatic nitrogens is 2. The van der Waals surface area contributed by atoms with Crippen LogP contribution in [-0.2, 0) is 0 Å². The van der Waals surface area contributed by atoms with E-state index in [0.29, 0.717) is 12.3 Å². The maximum Gasteiger partial charge on any atom is 0.206 e. The molecule has 0 saturated heterocycles. The first-order chi connectivity index (χ1) is 14.0. The Morgan fingerprint density at radius 3 is 2.66 bits per heavy atom. The molecule has 0 radical (unpaired) electrons. The lowest BCUT2D eigenvalue weighted by Gasteiger charge is -2.11. The number of methoxy groups -OCH3 is 2. The Kier molecular flexibility index (Phi) is 6.61. The summed E-state index contributed by atoms with van der Waals surface area (Å²) in [6, 6.07) is 11.5. The molecule has 0 fully saturated rings. The number of benzene rings is 1. The number of ether oxygens (including phenoxy) is 2. The van der Waals surface area contributed by atoms with Crippen molar-refractivity contribution in [1.29, 1.82) is 0 Å². The summed E-state index contributed by atoms with van der Waals surface area (Å²) < 4.78 is 12.8. The summed E-state index contributed by atoms with van der Waals surface area (Å²) in [6.07, 6.45) is 1.76. The Labute approximate surface area is 174 Å². The molecule has 0 N–H and O–H groups in total. The summed E-state index contributed by atoms with van der Waals surface area (Å²) in [4.78, 5) is 9.85. The summed E-state index contributed by atoms with van der Waals surface area (Å²) in [7, 11) is 3.28. The standard InChI is InChI=1S/C22H24N4O2S/c1-15(2)13-24-22-26(25-16(3)19-8-6-7-11-23-19)20(14-29-22)18-10-9-17(27-4)12-21(18)28-5/h6-12,14H,1,13H2,2-5H3. The first-order valence-electron chi connectivity index (χ1n) is 9.08. The van der Waals surface area contributed by atoms with Crippen molar-refractivity contribution in [3.05, 3.63) is 70.6 Å². The summed E-state index contributed by atoms with van der Waals surface area (Å²) >= 11 is 1.52. The number of hydrogen-bond acceptors (Lipinski definition) is 6. The average molecular weight is 409 g/mol. The molecule has 2 aromatic heterocycles. The molecule has 0 atom stereocenters. The molecular formula is C22H24N4O2S. The average Bonchev–Trinajstić information content (AvgIpc) is 3.14. The lowest BCUT2D eigenvalue weighted by Crippen LogP contribution is -2.15. The number of pyridine rings is 1. The number of nitrogens with zero attached hydrogens (tertiary/aromatic N) is 4. The van der Waals surface area contributed by atoms with Gasteiger partial charge in [0.2, 0.25) is 4.80 Å². The molecule has 0 aliphatic rings. The van der Waals surface area contributed by atoms with Crippen LogP contribution in [0.4, 0.5) is 0 Å². The molecule has 0 saturated carbocycles. The van der Waals surface area contributed by atoms with Gasteiger partial charge in [0.05, 0.1) is 37.9 Å². The van der Waals surface area contributed by atoms with Crippen LogP contribution in [0.5, 0.6) is 11.5 Å². The van der Waals surface area contributed by atoms with Gasteiger partial charge in [-0.25, -0.2) is 4.68 Å². The fraction of sp³-hybridized carbons (Fsp3) is 0.227. The summed E-state index contributed by atoms with van der Waals surface area (Å²) in [5.41, 5.74) is 4.36. The second-order valence-corrected chi connectivity index (χ2v) is 7.29. The second-order valence-electron chi connectivity index (χ2n) is 6.46. The highest BCUT2D eigenvalue weighted by atomic mass is 32.1. The fourth-order valence-corrected chi connectivity index (χ4v) is 3.50. The van der Waals surface area contributed by atoms with Crippen LogP contribution < -0.4 is 14.3 Å². The van der Waals surface area contributed by atoms with Crippen molar-refractivity contribution in [2.24, 2.45) is 10.1 Å². The number of hydrogen-bond donors (Lipinski definition) is 0. The largest absolute Gasteiger partial charge is 0.497 e. The molecule has 0 amide bonds. The molecular weight excluding hydrogens is 384 g/mol. The smallest absolute Gasteiger partial charge is 0.206 e. The van der Waals surface area contributed by atoms with Gasteiger partial charge in [0, 0.05) is 23.2 Å². The minimum Gasteiger partial charge on any atom is -0.497 e. The van der Waals surface area contributed by atoms with Gasteiger partial charge >= 0.3 is 0 Å². The Balaban J connectivity index is 2.19. The van der Waals surface area contributed by atoms with Crippen LogP contribution in [0.15, 0.2) is 70.2 Å². The van der Waals surface area contributed by atoms with E-state index < -0.39 is 0 Å². The van der Waals surface area contributed by atoms with Crippen molar-refractivity contribution in [3.63, 3.8) is 0 Å². The maximum atomic E-state index is 5.60. The molecule has 3 aromatic rings. The van der Waals surface area contributed by atoms with Crippen LogP contribution in [0, 0.1) is 0 Å². The lowest BCUT2D eigenvalue weighted by atomic mass is 10.1. The van der Waals surface area contributed by atoms with Gasteiger partial charge in [-0.05, 0) is 38.1 Å². The quantitative estimate of drug-likeness (QED) is 0.431. The van der Waals surface area contributed by atoms with Gasteiger partial charge in [-0.1, -0.05) is 18.2 Å². The molecule has 0 spiro atoms. The van der Waals surface area contributed by atoms with E-state index in [9.17, 15) is 0 Å². The molecule has 0 bridgehead atoms.